The molecule has 0 saturated heterocycles. The van der Waals surface area contributed by atoms with E-state index in [1.54, 1.807) is 0 Å². The van der Waals surface area contributed by atoms with E-state index in [0.717, 1.165) is 18.4 Å². The number of anilines is 1. The van der Waals surface area contributed by atoms with Crippen LogP contribution in [0, 0.1) is 17.8 Å². The summed E-state index contributed by atoms with van der Waals surface area (Å²) in [7, 11) is 0. The van der Waals surface area contributed by atoms with Gasteiger partial charge in [-0.05, 0) is 43.4 Å². The molecule has 1 aromatic rings. The molecule has 0 unspecified atom stereocenters. The van der Waals surface area contributed by atoms with Gasteiger partial charge in [-0.1, -0.05) is 11.3 Å². The Hall–Kier alpha value is -0.850. The Labute approximate surface area is 107 Å². The SMILES string of the molecule is FC(F)(F)c1nnc(NCC(C2CC2)C2CC2)s1. The summed E-state index contributed by atoms with van der Waals surface area (Å²) in [5, 5.41) is 9.15. The van der Waals surface area contributed by atoms with Crippen molar-refractivity contribution in [3.05, 3.63) is 5.01 Å². The molecular formula is C11H14F3N3S. The standard InChI is InChI=1S/C11H14F3N3S/c12-11(13,14)9-16-17-10(18-9)15-5-8(6-1-2-6)7-3-4-7/h6-8H,1-5H2,(H,15,17). The molecule has 1 heterocycles. The molecule has 1 aromatic heterocycles. The number of hydrogen-bond donors (Lipinski definition) is 1. The van der Waals surface area contributed by atoms with E-state index < -0.39 is 11.2 Å². The molecular weight excluding hydrogens is 263 g/mol. The van der Waals surface area contributed by atoms with E-state index in [4.69, 9.17) is 0 Å². The average Bonchev–Trinajstić information content (AvgIpc) is 3.19. The average molecular weight is 277 g/mol. The predicted molar refractivity (Wildman–Crippen MR) is 62.3 cm³/mol. The second-order valence-electron chi connectivity index (χ2n) is 5.13. The van der Waals surface area contributed by atoms with E-state index in [2.05, 4.69) is 15.5 Å². The minimum absolute atomic E-state index is 0.286. The van der Waals surface area contributed by atoms with Crippen molar-refractivity contribution >= 4 is 16.5 Å². The maximum absolute atomic E-state index is 12.4. The largest absolute Gasteiger partial charge is 0.445 e. The van der Waals surface area contributed by atoms with Crippen molar-refractivity contribution in [1.29, 1.82) is 0 Å². The first-order valence-corrected chi connectivity index (χ1v) is 7.00. The first kappa shape index (κ1) is 12.2. The molecule has 0 bridgehead atoms. The number of hydrogen-bond acceptors (Lipinski definition) is 4. The first-order chi connectivity index (χ1) is 8.54. The summed E-state index contributed by atoms with van der Waals surface area (Å²) in [5.74, 6) is 2.17. The van der Waals surface area contributed by atoms with E-state index in [0.29, 0.717) is 17.3 Å². The van der Waals surface area contributed by atoms with Crippen LogP contribution in [-0.2, 0) is 6.18 Å². The summed E-state index contributed by atoms with van der Waals surface area (Å²) >= 11 is 0.588. The topological polar surface area (TPSA) is 37.8 Å². The quantitative estimate of drug-likeness (QED) is 0.896. The minimum atomic E-state index is -4.38. The summed E-state index contributed by atoms with van der Waals surface area (Å²) in [4.78, 5) is 0. The van der Waals surface area contributed by atoms with Crippen LogP contribution >= 0.6 is 11.3 Å². The fourth-order valence-corrected chi connectivity index (χ4v) is 3.00. The lowest BCUT2D eigenvalue weighted by Crippen LogP contribution is -2.18. The van der Waals surface area contributed by atoms with Gasteiger partial charge in [0, 0.05) is 6.54 Å². The van der Waals surface area contributed by atoms with E-state index in [1.165, 1.54) is 25.7 Å². The fraction of sp³-hybridized carbons (Fsp3) is 0.818. The van der Waals surface area contributed by atoms with Gasteiger partial charge < -0.3 is 5.32 Å². The Balaban J connectivity index is 1.57. The van der Waals surface area contributed by atoms with Crippen LogP contribution in [0.3, 0.4) is 0 Å². The van der Waals surface area contributed by atoms with E-state index in [1.807, 2.05) is 0 Å². The van der Waals surface area contributed by atoms with Gasteiger partial charge in [0.2, 0.25) is 10.1 Å². The Kier molecular flexibility index (Phi) is 2.96. The molecule has 3 rings (SSSR count). The van der Waals surface area contributed by atoms with Crippen LogP contribution < -0.4 is 5.32 Å². The summed E-state index contributed by atoms with van der Waals surface area (Å²) in [5.41, 5.74) is 0. The summed E-state index contributed by atoms with van der Waals surface area (Å²) < 4.78 is 37.1. The summed E-state index contributed by atoms with van der Waals surface area (Å²) in [6.07, 6.45) is 0.697. The predicted octanol–water partition coefficient (Wildman–Crippen LogP) is 3.41. The molecule has 2 fully saturated rings. The van der Waals surface area contributed by atoms with Crippen LogP contribution in [0.5, 0.6) is 0 Å². The van der Waals surface area contributed by atoms with Crippen molar-refractivity contribution in [2.45, 2.75) is 31.9 Å². The molecule has 0 atom stereocenters. The lowest BCUT2D eigenvalue weighted by molar-refractivity contribution is -0.138. The van der Waals surface area contributed by atoms with Crippen molar-refractivity contribution < 1.29 is 13.2 Å². The van der Waals surface area contributed by atoms with Gasteiger partial charge in [0.25, 0.3) is 0 Å². The van der Waals surface area contributed by atoms with Gasteiger partial charge >= 0.3 is 6.18 Å². The fourth-order valence-electron chi connectivity index (χ4n) is 2.38. The highest BCUT2D eigenvalue weighted by molar-refractivity contribution is 7.15. The van der Waals surface area contributed by atoms with E-state index in [9.17, 15) is 13.2 Å². The van der Waals surface area contributed by atoms with Gasteiger partial charge in [-0.25, -0.2) is 0 Å². The van der Waals surface area contributed by atoms with Crippen LogP contribution in [0.2, 0.25) is 0 Å². The molecule has 100 valence electrons. The molecule has 2 aliphatic rings. The van der Waals surface area contributed by atoms with Gasteiger partial charge in [0.1, 0.15) is 0 Å². The molecule has 1 N–H and O–H groups in total. The van der Waals surface area contributed by atoms with Crippen LogP contribution in [-0.4, -0.2) is 16.7 Å². The molecule has 0 aliphatic heterocycles. The molecule has 0 spiro atoms. The summed E-state index contributed by atoms with van der Waals surface area (Å²) in [6.45, 7) is 0.738. The normalized spacial score (nSPS) is 20.4. The molecule has 7 heteroatoms. The summed E-state index contributed by atoms with van der Waals surface area (Å²) in [6, 6.07) is 0. The van der Waals surface area contributed by atoms with Gasteiger partial charge in [0.05, 0.1) is 0 Å². The zero-order valence-corrected chi connectivity index (χ0v) is 10.5. The lowest BCUT2D eigenvalue weighted by Gasteiger charge is -2.15. The van der Waals surface area contributed by atoms with Gasteiger partial charge in [-0.3, -0.25) is 0 Å². The van der Waals surface area contributed by atoms with Crippen LogP contribution in [0.15, 0.2) is 0 Å². The zero-order valence-electron chi connectivity index (χ0n) is 9.70. The Morgan fingerprint density at radius 1 is 1.17 bits per heavy atom. The number of aromatic nitrogens is 2. The zero-order chi connectivity index (χ0) is 12.8. The van der Waals surface area contributed by atoms with Crippen LogP contribution in [0.4, 0.5) is 18.3 Å². The molecule has 0 amide bonds. The van der Waals surface area contributed by atoms with E-state index in [-0.39, 0.29) is 5.13 Å². The molecule has 3 nitrogen and oxygen atoms in total. The van der Waals surface area contributed by atoms with Crippen LogP contribution in [0.1, 0.15) is 30.7 Å². The third-order valence-corrected chi connectivity index (χ3v) is 4.54. The highest BCUT2D eigenvalue weighted by Gasteiger charge is 2.41. The third-order valence-electron chi connectivity index (χ3n) is 3.61. The first-order valence-electron chi connectivity index (χ1n) is 6.18. The smallest absolute Gasteiger partial charge is 0.360 e. The molecule has 2 aliphatic carbocycles. The van der Waals surface area contributed by atoms with Crippen LogP contribution in [0.25, 0.3) is 0 Å². The number of alkyl halides is 3. The number of nitrogens with zero attached hydrogens (tertiary/aromatic N) is 2. The number of halogens is 3. The highest BCUT2D eigenvalue weighted by Crippen LogP contribution is 2.49. The van der Waals surface area contributed by atoms with Gasteiger partial charge in [-0.2, -0.15) is 13.2 Å². The number of rotatable bonds is 5. The van der Waals surface area contributed by atoms with Gasteiger partial charge in [0.15, 0.2) is 0 Å². The monoisotopic (exact) mass is 277 g/mol. The van der Waals surface area contributed by atoms with Gasteiger partial charge in [-0.15, -0.1) is 10.2 Å². The molecule has 0 radical (unpaired) electrons. The number of nitrogens with one attached hydrogen (secondary N) is 1. The van der Waals surface area contributed by atoms with Crippen molar-refractivity contribution in [1.82, 2.24) is 10.2 Å². The molecule has 2 saturated carbocycles. The maximum atomic E-state index is 12.4. The molecule has 18 heavy (non-hydrogen) atoms. The maximum Gasteiger partial charge on any atom is 0.445 e. The minimum Gasteiger partial charge on any atom is -0.360 e. The third kappa shape index (κ3) is 2.76. The molecule has 0 aromatic carbocycles. The second-order valence-corrected chi connectivity index (χ2v) is 6.11. The van der Waals surface area contributed by atoms with Crippen molar-refractivity contribution in [2.75, 3.05) is 11.9 Å². The van der Waals surface area contributed by atoms with Crippen molar-refractivity contribution in [3.8, 4) is 0 Å². The van der Waals surface area contributed by atoms with Crippen molar-refractivity contribution in [2.24, 2.45) is 17.8 Å². The van der Waals surface area contributed by atoms with Crippen molar-refractivity contribution in [3.63, 3.8) is 0 Å². The lowest BCUT2D eigenvalue weighted by atomic mass is 9.98. The Morgan fingerprint density at radius 3 is 2.22 bits per heavy atom. The highest BCUT2D eigenvalue weighted by atomic mass is 32.1. The Morgan fingerprint density at radius 2 is 1.78 bits per heavy atom. The van der Waals surface area contributed by atoms with E-state index >= 15 is 0 Å². The Bertz CT molecular complexity index is 411. The second kappa shape index (κ2) is 4.36.